The normalized spacial score (nSPS) is 12.4. The Kier molecular flexibility index (Phi) is 8.36. The van der Waals surface area contributed by atoms with Crippen LogP contribution in [0.4, 0.5) is 5.69 Å². The van der Waals surface area contributed by atoms with Gasteiger partial charge in [-0.3, -0.25) is 0 Å². The topological polar surface area (TPSA) is 3.24 Å². The van der Waals surface area contributed by atoms with Gasteiger partial charge in [-0.25, -0.2) is 0 Å². The van der Waals surface area contributed by atoms with Crippen LogP contribution in [0.15, 0.2) is 30.3 Å². The van der Waals surface area contributed by atoms with E-state index in [0.29, 0.717) is 6.04 Å². The number of hydrogen-bond acceptors (Lipinski definition) is 1. The van der Waals surface area contributed by atoms with Crippen LogP contribution in [0.3, 0.4) is 0 Å². The number of nitrogens with zero attached hydrogens (tertiary/aromatic N) is 1. The van der Waals surface area contributed by atoms with Crippen LogP contribution in [0.25, 0.3) is 0 Å². The molecule has 0 heterocycles. The van der Waals surface area contributed by atoms with Gasteiger partial charge in [-0.2, -0.15) is 0 Å². The first-order valence-corrected chi connectivity index (χ1v) is 7.94. The fraction of sp³-hybridized carbons (Fsp3) is 0.611. The van der Waals surface area contributed by atoms with Crippen LogP contribution in [0, 0.1) is 6.92 Å². The maximum absolute atomic E-state index is 4.38. The molecule has 0 saturated heterocycles. The van der Waals surface area contributed by atoms with Gasteiger partial charge in [0, 0.05) is 18.3 Å². The molecule has 1 aromatic carbocycles. The van der Waals surface area contributed by atoms with Crippen LogP contribution >= 0.6 is 0 Å². The SMILES string of the molecule is [CH2]C(CCCC)N(CCCCCC)c1ccccc1. The molecular weight excluding hydrogens is 230 g/mol. The van der Waals surface area contributed by atoms with Gasteiger partial charge in [0.15, 0.2) is 0 Å². The van der Waals surface area contributed by atoms with Gasteiger partial charge in [0.1, 0.15) is 0 Å². The third kappa shape index (κ3) is 6.13. The molecule has 0 aliphatic carbocycles. The summed E-state index contributed by atoms with van der Waals surface area (Å²) < 4.78 is 0. The van der Waals surface area contributed by atoms with Crippen LogP contribution in [-0.2, 0) is 0 Å². The minimum Gasteiger partial charge on any atom is -0.369 e. The summed E-state index contributed by atoms with van der Waals surface area (Å²) in [5.74, 6) is 0. The molecule has 0 fully saturated rings. The van der Waals surface area contributed by atoms with Crippen LogP contribution < -0.4 is 4.90 Å². The number of anilines is 1. The maximum atomic E-state index is 4.38. The second-order valence-electron chi connectivity index (χ2n) is 5.39. The van der Waals surface area contributed by atoms with Crippen molar-refractivity contribution in [1.82, 2.24) is 0 Å². The fourth-order valence-electron chi connectivity index (χ4n) is 2.45. The summed E-state index contributed by atoms with van der Waals surface area (Å²) in [6.45, 7) is 10.0. The second-order valence-corrected chi connectivity index (χ2v) is 5.39. The smallest absolute Gasteiger partial charge is 0.0368 e. The molecule has 107 valence electrons. The van der Waals surface area contributed by atoms with Crippen molar-refractivity contribution in [2.24, 2.45) is 0 Å². The molecule has 1 rings (SSSR count). The zero-order valence-corrected chi connectivity index (χ0v) is 12.8. The highest BCUT2D eigenvalue weighted by Gasteiger charge is 2.13. The van der Waals surface area contributed by atoms with Gasteiger partial charge >= 0.3 is 0 Å². The monoisotopic (exact) mass is 260 g/mol. The largest absolute Gasteiger partial charge is 0.369 e. The Morgan fingerprint density at radius 1 is 0.947 bits per heavy atom. The molecule has 0 bridgehead atoms. The molecule has 19 heavy (non-hydrogen) atoms. The molecular formula is C18H30N. The molecule has 0 aromatic heterocycles. The molecule has 1 aromatic rings. The lowest BCUT2D eigenvalue weighted by atomic mass is 10.1. The van der Waals surface area contributed by atoms with Gasteiger partial charge in [-0.1, -0.05) is 64.2 Å². The van der Waals surface area contributed by atoms with Gasteiger partial charge in [0.2, 0.25) is 0 Å². The second kappa shape index (κ2) is 9.89. The summed E-state index contributed by atoms with van der Waals surface area (Å²) in [7, 11) is 0. The molecule has 0 N–H and O–H groups in total. The molecule has 1 unspecified atom stereocenters. The van der Waals surface area contributed by atoms with Crippen molar-refractivity contribution in [2.45, 2.75) is 64.8 Å². The third-order valence-corrected chi connectivity index (χ3v) is 3.67. The van der Waals surface area contributed by atoms with Crippen LogP contribution in [-0.4, -0.2) is 12.6 Å². The van der Waals surface area contributed by atoms with E-state index in [0.717, 1.165) is 6.54 Å². The predicted octanol–water partition coefficient (Wildman–Crippen LogP) is 5.47. The van der Waals surface area contributed by atoms with Crippen molar-refractivity contribution in [1.29, 1.82) is 0 Å². The first kappa shape index (κ1) is 16.1. The zero-order chi connectivity index (χ0) is 13.9. The molecule has 1 nitrogen and oxygen atoms in total. The molecule has 0 saturated carbocycles. The lowest BCUT2D eigenvalue weighted by molar-refractivity contribution is 0.567. The number of rotatable bonds is 10. The molecule has 0 aliphatic rings. The standard InChI is InChI=1S/C18H30N/c1-4-6-8-12-16-19(17(3)13-7-5-2)18-14-10-9-11-15-18/h9-11,14-15,17H,3-8,12-13,16H2,1-2H3. The average Bonchev–Trinajstić information content (AvgIpc) is 2.46. The molecule has 0 amide bonds. The lowest BCUT2D eigenvalue weighted by Gasteiger charge is -2.31. The Morgan fingerprint density at radius 3 is 2.26 bits per heavy atom. The number of para-hydroxylation sites is 1. The summed E-state index contributed by atoms with van der Waals surface area (Å²) >= 11 is 0. The minimum absolute atomic E-state index is 0.406. The van der Waals surface area contributed by atoms with E-state index in [4.69, 9.17) is 0 Å². The maximum Gasteiger partial charge on any atom is 0.0368 e. The van der Waals surface area contributed by atoms with E-state index in [9.17, 15) is 0 Å². The Hall–Kier alpha value is -0.980. The zero-order valence-electron chi connectivity index (χ0n) is 12.8. The molecule has 0 spiro atoms. The van der Waals surface area contributed by atoms with Gasteiger partial charge in [-0.05, 0) is 31.9 Å². The van der Waals surface area contributed by atoms with Crippen molar-refractivity contribution < 1.29 is 0 Å². The fourth-order valence-corrected chi connectivity index (χ4v) is 2.45. The Morgan fingerprint density at radius 2 is 1.63 bits per heavy atom. The van der Waals surface area contributed by atoms with E-state index in [1.54, 1.807) is 0 Å². The molecule has 1 heteroatoms. The average molecular weight is 260 g/mol. The Labute approximate surface area is 120 Å². The quantitative estimate of drug-likeness (QED) is 0.504. The van der Waals surface area contributed by atoms with Crippen molar-refractivity contribution in [2.75, 3.05) is 11.4 Å². The van der Waals surface area contributed by atoms with E-state index in [1.165, 1.54) is 50.6 Å². The predicted molar refractivity (Wildman–Crippen MR) is 86.6 cm³/mol. The highest BCUT2D eigenvalue weighted by atomic mass is 15.2. The highest BCUT2D eigenvalue weighted by molar-refractivity contribution is 5.47. The van der Waals surface area contributed by atoms with Gasteiger partial charge < -0.3 is 4.90 Å². The van der Waals surface area contributed by atoms with Crippen molar-refractivity contribution in [3.05, 3.63) is 37.3 Å². The van der Waals surface area contributed by atoms with E-state index < -0.39 is 0 Å². The van der Waals surface area contributed by atoms with Gasteiger partial charge in [0.05, 0.1) is 0 Å². The summed E-state index contributed by atoms with van der Waals surface area (Å²) in [5, 5.41) is 0. The first-order valence-electron chi connectivity index (χ1n) is 7.94. The summed E-state index contributed by atoms with van der Waals surface area (Å²) in [5.41, 5.74) is 1.33. The van der Waals surface area contributed by atoms with E-state index in [2.05, 4.69) is 56.0 Å². The van der Waals surface area contributed by atoms with Crippen LogP contribution in [0.1, 0.15) is 58.8 Å². The van der Waals surface area contributed by atoms with Crippen molar-refractivity contribution >= 4 is 5.69 Å². The number of benzene rings is 1. The third-order valence-electron chi connectivity index (χ3n) is 3.67. The first-order chi connectivity index (χ1) is 9.29. The number of hydrogen-bond donors (Lipinski definition) is 0. The van der Waals surface area contributed by atoms with E-state index in [1.807, 2.05) is 0 Å². The van der Waals surface area contributed by atoms with Crippen molar-refractivity contribution in [3.8, 4) is 0 Å². The molecule has 1 atom stereocenters. The van der Waals surface area contributed by atoms with Crippen molar-refractivity contribution in [3.63, 3.8) is 0 Å². The molecule has 0 aliphatic heterocycles. The Balaban J connectivity index is 2.57. The van der Waals surface area contributed by atoms with E-state index >= 15 is 0 Å². The summed E-state index contributed by atoms with van der Waals surface area (Å²) in [4.78, 5) is 2.49. The lowest BCUT2D eigenvalue weighted by Crippen LogP contribution is -2.34. The van der Waals surface area contributed by atoms with Gasteiger partial charge in [0.25, 0.3) is 0 Å². The van der Waals surface area contributed by atoms with Crippen LogP contribution in [0.2, 0.25) is 0 Å². The van der Waals surface area contributed by atoms with E-state index in [-0.39, 0.29) is 0 Å². The number of unbranched alkanes of at least 4 members (excludes halogenated alkanes) is 4. The van der Waals surface area contributed by atoms with Crippen LogP contribution in [0.5, 0.6) is 0 Å². The summed E-state index contributed by atoms with van der Waals surface area (Å²) in [6.07, 6.45) is 8.98. The Bertz CT molecular complexity index is 307. The minimum atomic E-state index is 0.406. The summed E-state index contributed by atoms with van der Waals surface area (Å²) in [6, 6.07) is 11.2. The molecule has 1 radical (unpaired) electrons. The van der Waals surface area contributed by atoms with Gasteiger partial charge in [-0.15, -0.1) is 0 Å². The highest BCUT2D eigenvalue weighted by Crippen LogP contribution is 2.20.